The fraction of sp³-hybridized carbons (Fsp3) is 0.185. The van der Waals surface area contributed by atoms with Crippen LogP contribution >= 0.6 is 0 Å². The number of aryl methyl sites for hydroxylation is 1. The largest absolute Gasteiger partial charge is 0.464 e. The lowest BCUT2D eigenvalue weighted by molar-refractivity contribution is -0.121. The van der Waals surface area contributed by atoms with Crippen molar-refractivity contribution in [2.45, 2.75) is 18.9 Å². The van der Waals surface area contributed by atoms with E-state index >= 15 is 0 Å². The minimum atomic E-state index is -1.01. The zero-order valence-corrected chi connectivity index (χ0v) is 18.3. The first-order valence-electron chi connectivity index (χ1n) is 11.0. The van der Waals surface area contributed by atoms with E-state index in [0.29, 0.717) is 16.7 Å². The molecule has 5 aromatic rings. The number of nitrogens with one attached hydrogen (secondary N) is 1. The molecule has 0 aliphatic rings. The highest BCUT2D eigenvalue weighted by Gasteiger charge is 2.14. The molecule has 34 heavy (non-hydrogen) atoms. The smallest absolute Gasteiger partial charge is 0.339 e. The van der Waals surface area contributed by atoms with Gasteiger partial charge in [-0.25, -0.2) is 4.79 Å². The molecule has 1 amide bonds. The first kappa shape index (κ1) is 21.9. The molecule has 0 bridgehead atoms. The lowest BCUT2D eigenvalue weighted by atomic mass is 10.00. The monoisotopic (exact) mass is 457 g/mol. The number of carbonyl (C=O) groups is 1. The highest BCUT2D eigenvalue weighted by Crippen LogP contribution is 2.34. The molecule has 7 heteroatoms. The second kappa shape index (κ2) is 9.13. The minimum Gasteiger partial charge on any atom is -0.464 e. The van der Waals surface area contributed by atoms with E-state index in [1.165, 1.54) is 0 Å². The Balaban J connectivity index is 1.46. The highest BCUT2D eigenvalue weighted by atomic mass is 16.4. The van der Waals surface area contributed by atoms with Crippen LogP contribution in [0.5, 0.6) is 0 Å². The van der Waals surface area contributed by atoms with Crippen molar-refractivity contribution >= 4 is 38.6 Å². The predicted octanol–water partition coefficient (Wildman–Crippen LogP) is 3.76. The van der Waals surface area contributed by atoms with Gasteiger partial charge in [-0.2, -0.15) is 0 Å². The Morgan fingerprint density at radius 1 is 0.971 bits per heavy atom. The fourth-order valence-electron chi connectivity index (χ4n) is 4.07. The second-order valence-corrected chi connectivity index (χ2v) is 8.30. The third-order valence-corrected chi connectivity index (χ3v) is 5.93. The van der Waals surface area contributed by atoms with Crippen LogP contribution in [0.25, 0.3) is 43.8 Å². The third kappa shape index (κ3) is 4.31. The Labute approximate surface area is 194 Å². The molecule has 0 aliphatic heterocycles. The van der Waals surface area contributed by atoms with E-state index < -0.39 is 18.3 Å². The molecule has 7 nitrogen and oxygen atoms in total. The van der Waals surface area contributed by atoms with Gasteiger partial charge in [-0.15, -0.1) is 0 Å². The van der Waals surface area contributed by atoms with Gasteiger partial charge in [-0.1, -0.05) is 36.4 Å². The summed E-state index contributed by atoms with van der Waals surface area (Å²) in [6, 6.07) is 19.8. The maximum absolute atomic E-state index is 12.4. The number of carbonyl (C=O) groups excluding carboxylic acids is 1. The third-order valence-electron chi connectivity index (χ3n) is 5.93. The summed E-state index contributed by atoms with van der Waals surface area (Å²) < 4.78 is 11.3. The first-order valence-corrected chi connectivity index (χ1v) is 11.0. The number of rotatable bonds is 7. The van der Waals surface area contributed by atoms with Gasteiger partial charge in [-0.3, -0.25) is 4.79 Å². The summed E-state index contributed by atoms with van der Waals surface area (Å²) in [4.78, 5) is 24.4. The molecule has 0 spiro atoms. The maximum atomic E-state index is 12.4. The van der Waals surface area contributed by atoms with Crippen LogP contribution in [0.3, 0.4) is 0 Å². The van der Waals surface area contributed by atoms with Crippen molar-refractivity contribution in [1.82, 2.24) is 5.32 Å². The van der Waals surface area contributed by atoms with Crippen LogP contribution in [0.4, 0.5) is 0 Å². The molecule has 0 saturated carbocycles. The Morgan fingerprint density at radius 3 is 2.62 bits per heavy atom. The molecule has 3 N–H and O–H groups in total. The number of aliphatic hydroxyl groups excluding tert-OH is 2. The van der Waals surface area contributed by atoms with Crippen molar-refractivity contribution in [3.05, 3.63) is 82.9 Å². The van der Waals surface area contributed by atoms with Crippen LogP contribution in [-0.2, 0) is 11.2 Å². The van der Waals surface area contributed by atoms with Crippen LogP contribution in [0, 0.1) is 0 Å². The van der Waals surface area contributed by atoms with Crippen LogP contribution in [0.15, 0.2) is 80.6 Å². The summed E-state index contributed by atoms with van der Waals surface area (Å²) in [7, 11) is 0. The molecule has 0 saturated heterocycles. The summed E-state index contributed by atoms with van der Waals surface area (Å²) in [6.45, 7) is -0.476. The first-order chi connectivity index (χ1) is 16.5. The summed E-state index contributed by atoms with van der Waals surface area (Å²) in [6.07, 6.45) is 0.951. The quantitative estimate of drug-likeness (QED) is 0.321. The van der Waals surface area contributed by atoms with E-state index in [9.17, 15) is 14.7 Å². The molecule has 0 aliphatic carbocycles. The van der Waals surface area contributed by atoms with E-state index in [-0.39, 0.29) is 25.3 Å². The van der Waals surface area contributed by atoms with Crippen molar-refractivity contribution in [2.75, 3.05) is 13.2 Å². The van der Waals surface area contributed by atoms with Gasteiger partial charge in [0.25, 0.3) is 0 Å². The molecular formula is C27H23NO6. The molecule has 1 atom stereocenters. The average Bonchev–Trinajstić information content (AvgIpc) is 3.26. The molecular weight excluding hydrogens is 434 g/mol. The SMILES string of the molecule is O=C(CCc1cc2cc3c(-c4ccc5ccccc5c4)coc3cc2oc1=O)NCC(O)CO. The van der Waals surface area contributed by atoms with Gasteiger partial charge < -0.3 is 24.4 Å². The zero-order valence-electron chi connectivity index (χ0n) is 18.3. The van der Waals surface area contributed by atoms with Gasteiger partial charge in [0.2, 0.25) is 5.91 Å². The van der Waals surface area contributed by atoms with Gasteiger partial charge in [0, 0.05) is 40.9 Å². The van der Waals surface area contributed by atoms with Crippen LogP contribution in [0.1, 0.15) is 12.0 Å². The highest BCUT2D eigenvalue weighted by molar-refractivity contribution is 6.02. The topological polar surface area (TPSA) is 113 Å². The number of furan rings is 1. The molecule has 2 aromatic heterocycles. The zero-order chi connectivity index (χ0) is 23.7. The molecule has 2 heterocycles. The van der Waals surface area contributed by atoms with E-state index in [1.54, 1.807) is 18.4 Å². The molecule has 5 rings (SSSR count). The number of amides is 1. The van der Waals surface area contributed by atoms with E-state index in [0.717, 1.165) is 32.7 Å². The normalized spacial score (nSPS) is 12.4. The molecule has 1 unspecified atom stereocenters. The van der Waals surface area contributed by atoms with E-state index in [2.05, 4.69) is 35.6 Å². The van der Waals surface area contributed by atoms with Gasteiger partial charge in [0.15, 0.2) is 0 Å². The number of hydrogen-bond donors (Lipinski definition) is 3. The molecule has 172 valence electrons. The van der Waals surface area contributed by atoms with Gasteiger partial charge in [-0.05, 0) is 41.0 Å². The summed E-state index contributed by atoms with van der Waals surface area (Å²) >= 11 is 0. The average molecular weight is 457 g/mol. The number of benzene rings is 3. The summed E-state index contributed by atoms with van der Waals surface area (Å²) in [5, 5.41) is 24.6. The van der Waals surface area contributed by atoms with Gasteiger partial charge in [0.05, 0.1) is 19.0 Å². The van der Waals surface area contributed by atoms with E-state index in [1.807, 2.05) is 18.2 Å². The van der Waals surface area contributed by atoms with Crippen molar-refractivity contribution in [3.63, 3.8) is 0 Å². The lowest BCUT2D eigenvalue weighted by Gasteiger charge is -2.09. The van der Waals surface area contributed by atoms with Gasteiger partial charge >= 0.3 is 5.63 Å². The predicted molar refractivity (Wildman–Crippen MR) is 130 cm³/mol. The maximum Gasteiger partial charge on any atom is 0.339 e. The fourth-order valence-corrected chi connectivity index (χ4v) is 4.07. The van der Waals surface area contributed by atoms with Crippen molar-refractivity contribution in [2.24, 2.45) is 0 Å². The second-order valence-electron chi connectivity index (χ2n) is 8.30. The molecule has 0 radical (unpaired) electrons. The van der Waals surface area contributed by atoms with Crippen molar-refractivity contribution < 1.29 is 23.8 Å². The lowest BCUT2D eigenvalue weighted by Crippen LogP contribution is -2.34. The van der Waals surface area contributed by atoms with Crippen molar-refractivity contribution in [1.29, 1.82) is 0 Å². The van der Waals surface area contributed by atoms with Gasteiger partial charge in [0.1, 0.15) is 11.2 Å². The van der Waals surface area contributed by atoms with Crippen LogP contribution in [-0.4, -0.2) is 35.4 Å². The number of fused-ring (bicyclic) bond motifs is 3. The van der Waals surface area contributed by atoms with E-state index in [4.69, 9.17) is 13.9 Å². The Bertz CT molecular complexity index is 1560. The Morgan fingerprint density at radius 2 is 1.79 bits per heavy atom. The van der Waals surface area contributed by atoms with Crippen LogP contribution < -0.4 is 10.9 Å². The number of aliphatic hydroxyl groups is 2. The Hall–Kier alpha value is -3.94. The molecule has 3 aromatic carbocycles. The minimum absolute atomic E-state index is 0.0440. The van der Waals surface area contributed by atoms with Crippen molar-refractivity contribution in [3.8, 4) is 11.1 Å². The molecule has 0 fully saturated rings. The standard InChI is InChI=1S/C27H23NO6/c29-14-21(30)13-28-26(31)8-7-19-10-20-11-22-23(15-33-25(22)12-24(20)34-27(19)32)18-6-5-16-3-1-2-4-17(16)9-18/h1-6,9-12,15,21,29-30H,7-8,13-14H2,(H,28,31). The number of hydrogen-bond acceptors (Lipinski definition) is 6. The summed E-state index contributed by atoms with van der Waals surface area (Å²) in [5.74, 6) is -0.323. The van der Waals surface area contributed by atoms with Crippen LogP contribution in [0.2, 0.25) is 0 Å². The summed E-state index contributed by atoms with van der Waals surface area (Å²) in [5.41, 5.74) is 2.88. The Kier molecular flexibility index (Phi) is 5.88.